The summed E-state index contributed by atoms with van der Waals surface area (Å²) >= 11 is 5.59. The van der Waals surface area contributed by atoms with Crippen LogP contribution in [0.1, 0.15) is 12.5 Å². The first-order valence-corrected chi connectivity index (χ1v) is 7.75. The van der Waals surface area contributed by atoms with Crippen LogP contribution in [0.15, 0.2) is 23.1 Å². The zero-order valence-electron chi connectivity index (χ0n) is 11.6. The van der Waals surface area contributed by atoms with E-state index >= 15 is 0 Å². The summed E-state index contributed by atoms with van der Waals surface area (Å²) in [5, 5.41) is 8.60. The molecule has 0 aliphatic carbocycles. The van der Waals surface area contributed by atoms with Crippen LogP contribution in [0.2, 0.25) is 5.02 Å². The summed E-state index contributed by atoms with van der Waals surface area (Å²) in [5.74, 6) is -2.34. The number of nitrogens with zero attached hydrogens (tertiary/aromatic N) is 1. The lowest BCUT2D eigenvalue weighted by Crippen LogP contribution is -2.34. The monoisotopic (exact) mass is 359 g/mol. The van der Waals surface area contributed by atoms with Gasteiger partial charge in [0, 0.05) is 18.6 Å². The smallest absolute Gasteiger partial charge is 0.417 e. The standard InChI is InChI=1S/C12H13ClF3NO4S/c1-7(11(18)19)6-17(2)22(20,21)10-5-8(13)3-4-9(10)12(14,15)16/h3-5,7H,6H2,1-2H3,(H,18,19). The molecule has 0 aliphatic heterocycles. The van der Waals surface area contributed by atoms with Gasteiger partial charge in [0.2, 0.25) is 10.0 Å². The van der Waals surface area contributed by atoms with Crippen molar-refractivity contribution in [2.75, 3.05) is 13.6 Å². The molecule has 1 unspecified atom stereocenters. The molecule has 5 nitrogen and oxygen atoms in total. The molecule has 0 saturated carbocycles. The Morgan fingerprint density at radius 1 is 1.41 bits per heavy atom. The fourth-order valence-corrected chi connectivity index (χ4v) is 3.40. The van der Waals surface area contributed by atoms with Gasteiger partial charge in [-0.1, -0.05) is 18.5 Å². The number of carboxylic acid groups (broad SMARTS) is 1. The van der Waals surface area contributed by atoms with E-state index in [1.807, 2.05) is 0 Å². The molecule has 124 valence electrons. The quantitative estimate of drug-likeness (QED) is 0.877. The van der Waals surface area contributed by atoms with Crippen molar-refractivity contribution in [3.05, 3.63) is 28.8 Å². The highest BCUT2D eigenvalue weighted by Gasteiger charge is 2.38. The van der Waals surface area contributed by atoms with E-state index in [4.69, 9.17) is 16.7 Å². The number of carbonyl (C=O) groups is 1. The molecule has 0 heterocycles. The van der Waals surface area contributed by atoms with Gasteiger partial charge < -0.3 is 5.11 Å². The first kappa shape index (κ1) is 18.7. The number of aliphatic carboxylic acids is 1. The maximum absolute atomic E-state index is 12.9. The third-order valence-corrected chi connectivity index (χ3v) is 4.99. The van der Waals surface area contributed by atoms with Gasteiger partial charge >= 0.3 is 12.1 Å². The minimum atomic E-state index is -4.88. The number of carboxylic acids is 1. The molecule has 1 aromatic rings. The van der Waals surface area contributed by atoms with E-state index in [2.05, 4.69) is 0 Å². The Bertz CT molecular complexity index is 675. The molecule has 0 saturated heterocycles. The second-order valence-electron chi connectivity index (χ2n) is 4.66. The largest absolute Gasteiger partial charge is 0.481 e. The first-order valence-electron chi connectivity index (χ1n) is 5.93. The van der Waals surface area contributed by atoms with Gasteiger partial charge in [-0.15, -0.1) is 0 Å². The lowest BCUT2D eigenvalue weighted by atomic mass is 10.2. The number of rotatable bonds is 5. The van der Waals surface area contributed by atoms with Crippen molar-refractivity contribution in [3.63, 3.8) is 0 Å². The highest BCUT2D eigenvalue weighted by molar-refractivity contribution is 7.89. The Morgan fingerprint density at radius 2 is 1.95 bits per heavy atom. The number of alkyl halides is 3. The van der Waals surface area contributed by atoms with Crippen LogP contribution in [-0.4, -0.2) is 37.4 Å². The van der Waals surface area contributed by atoms with E-state index < -0.39 is 45.1 Å². The summed E-state index contributed by atoms with van der Waals surface area (Å²) in [6, 6.07) is 2.20. The van der Waals surface area contributed by atoms with E-state index in [9.17, 15) is 26.4 Å². The van der Waals surface area contributed by atoms with E-state index in [0.717, 1.165) is 13.1 Å². The van der Waals surface area contributed by atoms with E-state index in [1.54, 1.807) is 0 Å². The molecule has 0 radical (unpaired) electrons. The van der Waals surface area contributed by atoms with Crippen molar-refractivity contribution >= 4 is 27.6 Å². The number of sulfonamides is 1. The van der Waals surface area contributed by atoms with Crippen molar-refractivity contribution in [3.8, 4) is 0 Å². The van der Waals surface area contributed by atoms with Gasteiger partial charge in [-0.3, -0.25) is 4.79 Å². The van der Waals surface area contributed by atoms with Gasteiger partial charge in [-0.05, 0) is 18.2 Å². The summed E-state index contributed by atoms with van der Waals surface area (Å²) in [4.78, 5) is 9.75. The summed E-state index contributed by atoms with van der Waals surface area (Å²) in [6.07, 6.45) is -4.88. The Balaban J connectivity index is 3.34. The lowest BCUT2D eigenvalue weighted by Gasteiger charge is -2.21. The summed E-state index contributed by atoms with van der Waals surface area (Å²) in [5.41, 5.74) is -1.35. The van der Waals surface area contributed by atoms with Gasteiger partial charge in [-0.25, -0.2) is 12.7 Å². The molecule has 1 atom stereocenters. The fourth-order valence-electron chi connectivity index (χ4n) is 1.67. The van der Waals surface area contributed by atoms with Crippen molar-refractivity contribution in [1.82, 2.24) is 4.31 Å². The van der Waals surface area contributed by atoms with Crippen molar-refractivity contribution in [1.29, 1.82) is 0 Å². The molecule has 0 bridgehead atoms. The normalized spacial score (nSPS) is 14.1. The van der Waals surface area contributed by atoms with Gasteiger partial charge in [0.05, 0.1) is 16.4 Å². The van der Waals surface area contributed by atoms with E-state index in [0.29, 0.717) is 16.4 Å². The second kappa shape index (κ2) is 6.43. The highest BCUT2D eigenvalue weighted by Crippen LogP contribution is 2.36. The minimum Gasteiger partial charge on any atom is -0.481 e. The van der Waals surface area contributed by atoms with Crippen molar-refractivity contribution in [2.45, 2.75) is 18.0 Å². The average molecular weight is 360 g/mol. The third kappa shape index (κ3) is 4.11. The van der Waals surface area contributed by atoms with Crippen LogP contribution in [-0.2, 0) is 21.0 Å². The van der Waals surface area contributed by atoms with Gasteiger partial charge in [0.1, 0.15) is 0 Å². The Labute approximate surface area is 130 Å². The minimum absolute atomic E-state index is 0.175. The molecule has 0 spiro atoms. The topological polar surface area (TPSA) is 74.7 Å². The maximum atomic E-state index is 12.9. The maximum Gasteiger partial charge on any atom is 0.417 e. The molecular weight excluding hydrogens is 347 g/mol. The number of hydrogen-bond donors (Lipinski definition) is 1. The van der Waals surface area contributed by atoms with Gasteiger partial charge in [0.15, 0.2) is 0 Å². The van der Waals surface area contributed by atoms with Crippen LogP contribution < -0.4 is 0 Å². The predicted molar refractivity (Wildman–Crippen MR) is 73.1 cm³/mol. The van der Waals surface area contributed by atoms with Crippen molar-refractivity contribution < 1.29 is 31.5 Å². The second-order valence-corrected chi connectivity index (χ2v) is 7.11. The van der Waals surface area contributed by atoms with E-state index in [-0.39, 0.29) is 5.02 Å². The van der Waals surface area contributed by atoms with Crippen LogP contribution in [0.3, 0.4) is 0 Å². The fraction of sp³-hybridized carbons (Fsp3) is 0.417. The highest BCUT2D eigenvalue weighted by atomic mass is 35.5. The Hall–Kier alpha value is -1.32. The zero-order valence-corrected chi connectivity index (χ0v) is 13.1. The first-order chi connectivity index (χ1) is 9.87. The molecule has 0 aliphatic rings. The summed E-state index contributed by atoms with van der Waals surface area (Å²) < 4.78 is 64.0. The molecule has 10 heteroatoms. The number of hydrogen-bond acceptors (Lipinski definition) is 3. The van der Waals surface area contributed by atoms with Crippen LogP contribution in [0.4, 0.5) is 13.2 Å². The van der Waals surface area contributed by atoms with Gasteiger partial charge in [-0.2, -0.15) is 13.2 Å². The molecule has 0 amide bonds. The molecular formula is C12H13ClF3NO4S. The van der Waals surface area contributed by atoms with Crippen LogP contribution >= 0.6 is 11.6 Å². The van der Waals surface area contributed by atoms with Crippen molar-refractivity contribution in [2.24, 2.45) is 5.92 Å². The van der Waals surface area contributed by atoms with Crippen LogP contribution in [0.25, 0.3) is 0 Å². The molecule has 0 aromatic heterocycles. The van der Waals surface area contributed by atoms with E-state index in [1.165, 1.54) is 6.92 Å². The zero-order chi connectivity index (χ0) is 17.3. The summed E-state index contributed by atoms with van der Waals surface area (Å²) in [6.45, 7) is 0.776. The van der Waals surface area contributed by atoms with Crippen LogP contribution in [0, 0.1) is 5.92 Å². The Morgan fingerprint density at radius 3 is 2.41 bits per heavy atom. The molecule has 22 heavy (non-hydrogen) atoms. The molecule has 1 rings (SSSR count). The predicted octanol–water partition coefficient (Wildman–Crippen LogP) is 2.70. The third-order valence-electron chi connectivity index (χ3n) is 2.89. The van der Waals surface area contributed by atoms with Gasteiger partial charge in [0.25, 0.3) is 0 Å². The molecule has 1 N–H and O–H groups in total. The number of halogens is 4. The lowest BCUT2D eigenvalue weighted by molar-refractivity contribution is -0.141. The molecule has 1 aromatic carbocycles. The Kier molecular flexibility index (Phi) is 5.47. The molecule has 0 fully saturated rings. The SMILES string of the molecule is CC(CN(C)S(=O)(=O)c1cc(Cl)ccc1C(F)(F)F)C(=O)O. The number of benzene rings is 1. The summed E-state index contributed by atoms with van der Waals surface area (Å²) in [7, 11) is -3.53. The van der Waals surface area contributed by atoms with Crippen LogP contribution in [0.5, 0.6) is 0 Å². The average Bonchev–Trinajstić information content (AvgIpc) is 2.36.